The van der Waals surface area contributed by atoms with Crippen molar-refractivity contribution in [1.29, 1.82) is 0 Å². The molecular formula is C13H7Br2F3. The molecule has 1 unspecified atom stereocenters. The van der Waals surface area contributed by atoms with Crippen molar-refractivity contribution >= 4 is 31.9 Å². The monoisotopic (exact) mass is 378 g/mol. The Hall–Kier alpha value is -0.810. The maximum absolute atomic E-state index is 13.6. The summed E-state index contributed by atoms with van der Waals surface area (Å²) >= 11 is 6.27. The van der Waals surface area contributed by atoms with Gasteiger partial charge in [0.15, 0.2) is 0 Å². The van der Waals surface area contributed by atoms with Crippen molar-refractivity contribution < 1.29 is 13.2 Å². The minimum absolute atomic E-state index is 0.0870. The van der Waals surface area contributed by atoms with E-state index in [2.05, 4.69) is 31.9 Å². The largest absolute Gasteiger partial charge is 0.207 e. The van der Waals surface area contributed by atoms with E-state index < -0.39 is 22.3 Å². The van der Waals surface area contributed by atoms with Gasteiger partial charge in [-0.15, -0.1) is 0 Å². The number of hydrogen-bond donors (Lipinski definition) is 0. The number of halogens is 5. The number of benzene rings is 2. The molecule has 0 aliphatic carbocycles. The minimum Gasteiger partial charge on any atom is -0.207 e. The van der Waals surface area contributed by atoms with Crippen molar-refractivity contribution in [3.05, 3.63) is 69.4 Å². The van der Waals surface area contributed by atoms with Gasteiger partial charge in [-0.1, -0.05) is 28.1 Å². The predicted octanol–water partition coefficient (Wildman–Crippen LogP) is 5.35. The maximum atomic E-state index is 13.6. The molecule has 0 N–H and O–H groups in total. The van der Waals surface area contributed by atoms with Crippen molar-refractivity contribution in [2.24, 2.45) is 0 Å². The molecule has 0 aromatic heterocycles. The lowest BCUT2D eigenvalue weighted by Gasteiger charge is -2.13. The maximum Gasteiger partial charge on any atom is 0.137 e. The van der Waals surface area contributed by atoms with Gasteiger partial charge in [-0.3, -0.25) is 0 Å². The molecule has 1 atom stereocenters. The topological polar surface area (TPSA) is 0 Å². The third-order valence-corrected chi connectivity index (χ3v) is 4.08. The SMILES string of the molecule is Fc1ccc(C(Br)c2c(F)cccc2F)cc1Br. The molecule has 2 aromatic rings. The number of rotatable bonds is 2. The number of alkyl halides is 1. The van der Waals surface area contributed by atoms with E-state index in [1.165, 1.54) is 36.4 Å². The Labute approximate surface area is 119 Å². The highest BCUT2D eigenvalue weighted by Gasteiger charge is 2.19. The Kier molecular flexibility index (Phi) is 4.12. The molecule has 2 aromatic carbocycles. The van der Waals surface area contributed by atoms with Crippen LogP contribution in [0.4, 0.5) is 13.2 Å². The van der Waals surface area contributed by atoms with Gasteiger partial charge in [-0.2, -0.15) is 0 Å². The molecule has 5 heteroatoms. The van der Waals surface area contributed by atoms with E-state index in [0.717, 1.165) is 0 Å². The molecular weight excluding hydrogens is 373 g/mol. The van der Waals surface area contributed by atoms with E-state index in [1.807, 2.05) is 0 Å². The average Bonchev–Trinajstić information content (AvgIpc) is 2.32. The number of hydrogen-bond acceptors (Lipinski definition) is 0. The van der Waals surface area contributed by atoms with Crippen LogP contribution in [0.15, 0.2) is 40.9 Å². The molecule has 2 rings (SSSR count). The van der Waals surface area contributed by atoms with E-state index in [0.29, 0.717) is 5.56 Å². The van der Waals surface area contributed by atoms with Gasteiger partial charge in [0.05, 0.1) is 9.30 Å². The first-order valence-electron chi connectivity index (χ1n) is 5.03. The summed E-state index contributed by atoms with van der Waals surface area (Å²) < 4.78 is 40.6. The van der Waals surface area contributed by atoms with Crippen molar-refractivity contribution in [1.82, 2.24) is 0 Å². The first-order chi connectivity index (χ1) is 8.50. The van der Waals surface area contributed by atoms with Gasteiger partial charge in [0, 0.05) is 5.56 Å². The van der Waals surface area contributed by atoms with Crippen LogP contribution in [0, 0.1) is 17.5 Å². The van der Waals surface area contributed by atoms with Crippen LogP contribution >= 0.6 is 31.9 Å². The lowest BCUT2D eigenvalue weighted by molar-refractivity contribution is 0.560. The average molecular weight is 380 g/mol. The smallest absolute Gasteiger partial charge is 0.137 e. The van der Waals surface area contributed by atoms with Crippen LogP contribution in [-0.4, -0.2) is 0 Å². The lowest BCUT2D eigenvalue weighted by atomic mass is 10.0. The van der Waals surface area contributed by atoms with Crippen molar-refractivity contribution in [3.8, 4) is 0 Å². The Bertz CT molecular complexity index is 564. The van der Waals surface area contributed by atoms with Gasteiger partial charge in [0.2, 0.25) is 0 Å². The van der Waals surface area contributed by atoms with Gasteiger partial charge in [0.1, 0.15) is 17.5 Å². The fourth-order valence-corrected chi connectivity index (χ4v) is 2.71. The van der Waals surface area contributed by atoms with Crippen molar-refractivity contribution in [2.75, 3.05) is 0 Å². The van der Waals surface area contributed by atoms with Crippen LogP contribution in [0.3, 0.4) is 0 Å². The van der Waals surface area contributed by atoms with Crippen LogP contribution in [0.1, 0.15) is 16.0 Å². The summed E-state index contributed by atoms with van der Waals surface area (Å²) in [5.74, 6) is -1.71. The predicted molar refractivity (Wildman–Crippen MR) is 71.2 cm³/mol. The highest BCUT2D eigenvalue weighted by molar-refractivity contribution is 9.10. The molecule has 0 saturated carbocycles. The van der Waals surface area contributed by atoms with Gasteiger partial charge >= 0.3 is 0 Å². The van der Waals surface area contributed by atoms with Gasteiger partial charge < -0.3 is 0 Å². The molecule has 18 heavy (non-hydrogen) atoms. The summed E-state index contributed by atoms with van der Waals surface area (Å²) in [6.45, 7) is 0. The van der Waals surface area contributed by atoms with Crippen LogP contribution < -0.4 is 0 Å². The molecule has 94 valence electrons. The first kappa shape index (κ1) is 13.6. The van der Waals surface area contributed by atoms with Crippen LogP contribution in [0.25, 0.3) is 0 Å². The Morgan fingerprint density at radius 1 is 0.889 bits per heavy atom. The minimum atomic E-state index is -0.671. The van der Waals surface area contributed by atoms with Crippen molar-refractivity contribution in [2.45, 2.75) is 4.83 Å². The van der Waals surface area contributed by atoms with Gasteiger partial charge in [0.25, 0.3) is 0 Å². The normalized spacial score (nSPS) is 12.5. The molecule has 0 aliphatic rings. The molecule has 0 radical (unpaired) electrons. The van der Waals surface area contributed by atoms with E-state index >= 15 is 0 Å². The Morgan fingerprint density at radius 2 is 1.50 bits per heavy atom. The second-order valence-corrected chi connectivity index (χ2v) is 5.44. The second kappa shape index (κ2) is 5.45. The second-order valence-electron chi connectivity index (χ2n) is 3.67. The van der Waals surface area contributed by atoms with E-state index in [1.54, 1.807) is 0 Å². The molecule has 0 aliphatic heterocycles. The Morgan fingerprint density at radius 3 is 2.06 bits per heavy atom. The quantitative estimate of drug-likeness (QED) is 0.617. The first-order valence-corrected chi connectivity index (χ1v) is 6.74. The van der Waals surface area contributed by atoms with Crippen molar-refractivity contribution in [3.63, 3.8) is 0 Å². The lowest BCUT2D eigenvalue weighted by Crippen LogP contribution is -2.00. The van der Waals surface area contributed by atoms with Crippen LogP contribution in [0.5, 0.6) is 0 Å². The summed E-state index contributed by atoms with van der Waals surface area (Å²) in [6, 6.07) is 7.88. The molecule has 0 saturated heterocycles. The highest BCUT2D eigenvalue weighted by Crippen LogP contribution is 2.35. The summed E-state index contributed by atoms with van der Waals surface area (Å²) in [5, 5.41) is 0. The standard InChI is InChI=1S/C13H7Br2F3/c14-8-6-7(4-5-9(8)16)13(15)12-10(17)2-1-3-11(12)18/h1-6,13H. The molecule has 0 nitrogen and oxygen atoms in total. The third-order valence-electron chi connectivity index (χ3n) is 2.49. The van der Waals surface area contributed by atoms with Gasteiger partial charge in [-0.05, 0) is 45.8 Å². The molecule has 0 amide bonds. The van der Waals surface area contributed by atoms with E-state index in [-0.39, 0.29) is 10.0 Å². The van der Waals surface area contributed by atoms with E-state index in [9.17, 15) is 13.2 Å². The fraction of sp³-hybridized carbons (Fsp3) is 0.0769. The van der Waals surface area contributed by atoms with Gasteiger partial charge in [-0.25, -0.2) is 13.2 Å². The highest BCUT2D eigenvalue weighted by atomic mass is 79.9. The summed E-state index contributed by atoms with van der Waals surface area (Å²) in [4.78, 5) is -0.671. The molecule has 0 fully saturated rings. The summed E-state index contributed by atoms with van der Waals surface area (Å²) in [7, 11) is 0. The zero-order valence-electron chi connectivity index (χ0n) is 8.93. The zero-order chi connectivity index (χ0) is 13.3. The van der Waals surface area contributed by atoms with Crippen LogP contribution in [0.2, 0.25) is 0 Å². The molecule has 0 heterocycles. The van der Waals surface area contributed by atoms with Crippen LogP contribution in [-0.2, 0) is 0 Å². The summed E-state index contributed by atoms with van der Waals surface area (Å²) in [6.07, 6.45) is 0. The summed E-state index contributed by atoms with van der Waals surface area (Å²) in [5.41, 5.74) is 0.475. The third kappa shape index (κ3) is 2.62. The Balaban J connectivity index is 2.48. The molecule has 0 bridgehead atoms. The molecule has 0 spiro atoms. The van der Waals surface area contributed by atoms with E-state index in [4.69, 9.17) is 0 Å². The zero-order valence-corrected chi connectivity index (χ0v) is 12.1. The fourth-order valence-electron chi connectivity index (χ4n) is 1.59.